The van der Waals surface area contributed by atoms with Crippen molar-refractivity contribution in [1.82, 2.24) is 20.4 Å². The third-order valence-electron chi connectivity index (χ3n) is 4.35. The summed E-state index contributed by atoms with van der Waals surface area (Å²) < 4.78 is 26.5. The molecule has 1 unspecified atom stereocenters. The van der Waals surface area contributed by atoms with Crippen molar-refractivity contribution in [2.24, 2.45) is 0 Å². The molecule has 3 rings (SSSR count). The van der Waals surface area contributed by atoms with Gasteiger partial charge in [0.25, 0.3) is 0 Å². The highest BCUT2D eigenvalue weighted by molar-refractivity contribution is 5.74. The molecule has 0 saturated carbocycles. The maximum absolute atomic E-state index is 13.6. The van der Waals surface area contributed by atoms with E-state index in [1.54, 1.807) is 11.1 Å². The second kappa shape index (κ2) is 7.42. The van der Waals surface area contributed by atoms with Crippen molar-refractivity contribution < 1.29 is 13.6 Å². The Morgan fingerprint density at radius 1 is 1.38 bits per heavy atom. The van der Waals surface area contributed by atoms with E-state index in [1.807, 2.05) is 6.20 Å². The van der Waals surface area contributed by atoms with Gasteiger partial charge in [-0.15, -0.1) is 0 Å². The fourth-order valence-electron chi connectivity index (χ4n) is 3.09. The first kappa shape index (κ1) is 16.4. The molecular formula is C17H20F2N4O. The van der Waals surface area contributed by atoms with Crippen LogP contribution < -0.4 is 5.32 Å². The molecule has 1 atom stereocenters. The monoisotopic (exact) mass is 334 g/mol. The first-order valence-electron chi connectivity index (χ1n) is 8.12. The number of aromatic amines is 1. The number of hydrogen-bond acceptors (Lipinski definition) is 2. The van der Waals surface area contributed by atoms with Crippen LogP contribution in [0.25, 0.3) is 0 Å². The Morgan fingerprint density at radius 2 is 2.25 bits per heavy atom. The molecule has 24 heavy (non-hydrogen) atoms. The van der Waals surface area contributed by atoms with Gasteiger partial charge >= 0.3 is 6.03 Å². The van der Waals surface area contributed by atoms with Crippen molar-refractivity contribution in [3.05, 3.63) is 53.4 Å². The Hall–Kier alpha value is -2.44. The maximum Gasteiger partial charge on any atom is 0.317 e. The van der Waals surface area contributed by atoms with Gasteiger partial charge in [0, 0.05) is 30.9 Å². The minimum Gasteiger partial charge on any atom is -0.338 e. The third kappa shape index (κ3) is 3.72. The van der Waals surface area contributed by atoms with Gasteiger partial charge in [-0.3, -0.25) is 5.10 Å². The van der Waals surface area contributed by atoms with E-state index in [0.717, 1.165) is 30.9 Å². The maximum atomic E-state index is 13.6. The summed E-state index contributed by atoms with van der Waals surface area (Å²) in [6.07, 6.45) is 6.81. The number of amides is 2. The zero-order valence-electron chi connectivity index (χ0n) is 13.3. The van der Waals surface area contributed by atoms with Crippen molar-refractivity contribution >= 4 is 6.03 Å². The van der Waals surface area contributed by atoms with Crippen LogP contribution in [0, 0.1) is 11.6 Å². The van der Waals surface area contributed by atoms with Gasteiger partial charge in [-0.1, -0.05) is 6.07 Å². The Kier molecular flexibility index (Phi) is 5.08. The van der Waals surface area contributed by atoms with E-state index in [1.165, 1.54) is 12.1 Å². The lowest BCUT2D eigenvalue weighted by Gasteiger charge is -2.35. The zero-order chi connectivity index (χ0) is 16.9. The van der Waals surface area contributed by atoms with Gasteiger partial charge < -0.3 is 10.2 Å². The molecule has 0 aliphatic carbocycles. The second-order valence-electron chi connectivity index (χ2n) is 5.95. The first-order chi connectivity index (χ1) is 11.6. The lowest BCUT2D eigenvalue weighted by molar-refractivity contribution is 0.151. The number of carbonyl (C=O) groups excluding carboxylic acids is 1. The molecular weight excluding hydrogens is 314 g/mol. The van der Waals surface area contributed by atoms with Crippen LogP contribution in [-0.2, 0) is 6.42 Å². The number of urea groups is 1. The third-order valence-corrected chi connectivity index (χ3v) is 4.35. The highest BCUT2D eigenvalue weighted by Crippen LogP contribution is 2.30. The average molecular weight is 334 g/mol. The fraction of sp³-hybridized carbons (Fsp3) is 0.412. The van der Waals surface area contributed by atoms with E-state index in [2.05, 4.69) is 15.5 Å². The summed E-state index contributed by atoms with van der Waals surface area (Å²) in [7, 11) is 0. The van der Waals surface area contributed by atoms with Crippen LogP contribution in [0.1, 0.15) is 36.4 Å². The molecule has 1 saturated heterocycles. The Balaban J connectivity index is 1.57. The smallest absolute Gasteiger partial charge is 0.317 e. The molecule has 1 aliphatic rings. The van der Waals surface area contributed by atoms with Gasteiger partial charge in [-0.25, -0.2) is 13.6 Å². The number of nitrogens with one attached hydrogen (secondary N) is 2. The molecule has 0 spiro atoms. The molecule has 1 aliphatic heterocycles. The van der Waals surface area contributed by atoms with Crippen LogP contribution in [0.3, 0.4) is 0 Å². The van der Waals surface area contributed by atoms with E-state index in [9.17, 15) is 13.6 Å². The Labute approximate surface area is 139 Å². The van der Waals surface area contributed by atoms with E-state index in [0.29, 0.717) is 25.1 Å². The van der Waals surface area contributed by atoms with Crippen LogP contribution in [-0.4, -0.2) is 34.2 Å². The predicted molar refractivity (Wildman–Crippen MR) is 85.3 cm³/mol. The summed E-state index contributed by atoms with van der Waals surface area (Å²) >= 11 is 0. The van der Waals surface area contributed by atoms with Gasteiger partial charge in [0.1, 0.15) is 11.6 Å². The molecule has 5 nitrogen and oxygen atoms in total. The second-order valence-corrected chi connectivity index (χ2v) is 5.95. The van der Waals surface area contributed by atoms with Gasteiger partial charge in [-0.2, -0.15) is 5.10 Å². The number of H-pyrrole nitrogens is 1. The summed E-state index contributed by atoms with van der Waals surface area (Å²) in [5, 5.41) is 9.57. The largest absolute Gasteiger partial charge is 0.338 e. The van der Waals surface area contributed by atoms with Gasteiger partial charge in [0.15, 0.2) is 0 Å². The molecule has 2 N–H and O–H groups in total. The number of carbonyl (C=O) groups is 1. The number of hydrogen-bond donors (Lipinski definition) is 2. The van der Waals surface area contributed by atoms with E-state index in [4.69, 9.17) is 0 Å². The molecule has 0 radical (unpaired) electrons. The number of benzene rings is 1. The highest BCUT2D eigenvalue weighted by atomic mass is 19.1. The Morgan fingerprint density at radius 3 is 3.00 bits per heavy atom. The lowest BCUT2D eigenvalue weighted by atomic mass is 9.98. The van der Waals surface area contributed by atoms with Gasteiger partial charge in [0.05, 0.1) is 12.2 Å². The number of aromatic nitrogens is 2. The predicted octanol–water partition coefficient (Wildman–Crippen LogP) is 3.17. The summed E-state index contributed by atoms with van der Waals surface area (Å²) in [5.41, 5.74) is 1.39. The quantitative estimate of drug-likeness (QED) is 0.902. The van der Waals surface area contributed by atoms with Gasteiger partial charge in [-0.05, 0) is 37.3 Å². The van der Waals surface area contributed by atoms with Crippen LogP contribution in [0.15, 0.2) is 30.6 Å². The SMILES string of the molecule is O=C(NCCc1ccc(F)cc1F)N1CCCCC1c1cn[nH]c1. The number of likely N-dealkylation sites (tertiary alicyclic amines) is 1. The molecule has 1 fully saturated rings. The zero-order valence-corrected chi connectivity index (χ0v) is 13.3. The molecule has 1 aromatic heterocycles. The lowest BCUT2D eigenvalue weighted by Crippen LogP contribution is -2.45. The number of halogens is 2. The summed E-state index contributed by atoms with van der Waals surface area (Å²) in [6.45, 7) is 0.989. The standard InChI is InChI=1S/C17H20F2N4O/c18-14-5-4-12(15(19)9-14)6-7-20-17(24)23-8-2-1-3-16(23)13-10-21-22-11-13/h4-5,9-11,16H,1-3,6-8H2,(H,20,24)(H,21,22). The average Bonchev–Trinajstić information content (AvgIpc) is 3.11. The summed E-state index contributed by atoms with van der Waals surface area (Å²) in [5.74, 6) is -1.19. The normalized spacial score (nSPS) is 17.8. The van der Waals surface area contributed by atoms with E-state index in [-0.39, 0.29) is 12.1 Å². The van der Waals surface area contributed by atoms with Crippen LogP contribution >= 0.6 is 0 Å². The molecule has 2 amide bonds. The number of rotatable bonds is 4. The van der Waals surface area contributed by atoms with E-state index >= 15 is 0 Å². The van der Waals surface area contributed by atoms with Crippen molar-refractivity contribution in [3.8, 4) is 0 Å². The van der Waals surface area contributed by atoms with Crippen LogP contribution in [0.4, 0.5) is 13.6 Å². The fourth-order valence-corrected chi connectivity index (χ4v) is 3.09. The van der Waals surface area contributed by atoms with E-state index < -0.39 is 11.6 Å². The molecule has 0 bridgehead atoms. The molecule has 1 aromatic carbocycles. The van der Waals surface area contributed by atoms with Gasteiger partial charge in [0.2, 0.25) is 0 Å². The van der Waals surface area contributed by atoms with Crippen molar-refractivity contribution in [2.45, 2.75) is 31.7 Å². The van der Waals surface area contributed by atoms with Crippen LogP contribution in [0.2, 0.25) is 0 Å². The molecule has 7 heteroatoms. The minimum atomic E-state index is -0.600. The number of piperidine rings is 1. The highest BCUT2D eigenvalue weighted by Gasteiger charge is 2.28. The number of nitrogens with zero attached hydrogens (tertiary/aromatic N) is 2. The first-order valence-corrected chi connectivity index (χ1v) is 8.12. The van der Waals surface area contributed by atoms with Crippen LogP contribution in [0.5, 0.6) is 0 Å². The topological polar surface area (TPSA) is 61.0 Å². The molecule has 2 heterocycles. The summed E-state index contributed by atoms with van der Waals surface area (Å²) in [6, 6.07) is 3.34. The van der Waals surface area contributed by atoms with Crippen molar-refractivity contribution in [1.29, 1.82) is 0 Å². The minimum absolute atomic E-state index is 0.0139. The van der Waals surface area contributed by atoms with Crippen molar-refractivity contribution in [3.63, 3.8) is 0 Å². The molecule has 128 valence electrons. The summed E-state index contributed by atoms with van der Waals surface area (Å²) in [4.78, 5) is 14.3. The molecule has 2 aromatic rings. The Bertz CT molecular complexity index is 690. The van der Waals surface area contributed by atoms with Crippen molar-refractivity contribution in [2.75, 3.05) is 13.1 Å².